The minimum atomic E-state index is 0.569. The molecule has 23 heavy (non-hydrogen) atoms. The Kier molecular flexibility index (Phi) is 4.04. The van der Waals surface area contributed by atoms with Crippen molar-refractivity contribution < 1.29 is 0 Å². The molecule has 7 nitrogen and oxygen atoms in total. The van der Waals surface area contributed by atoms with Crippen molar-refractivity contribution in [2.45, 2.75) is 29.6 Å². The normalized spacial score (nSPS) is 14.5. The van der Waals surface area contributed by atoms with Crippen molar-refractivity contribution in [3.05, 3.63) is 16.9 Å². The zero-order valence-corrected chi connectivity index (χ0v) is 14.9. The Bertz CT molecular complexity index is 892. The summed E-state index contributed by atoms with van der Waals surface area (Å²) in [6, 6.07) is 0. The molecule has 1 saturated carbocycles. The smallest absolute Gasteiger partial charge is 0.195 e. The second-order valence-corrected chi connectivity index (χ2v) is 7.74. The minimum absolute atomic E-state index is 0.569. The maximum atomic E-state index is 5.33. The van der Waals surface area contributed by atoms with E-state index in [9.17, 15) is 0 Å². The minimum Gasteiger partial charge on any atom is -0.367 e. The SMILES string of the molecule is CSc1nc2ncnc(NCCn3c(C4CC4)n[nH]c3=S)c2s1. The number of rotatable bonds is 6. The van der Waals surface area contributed by atoms with Crippen molar-refractivity contribution in [1.82, 2.24) is 29.7 Å². The van der Waals surface area contributed by atoms with Gasteiger partial charge in [-0.1, -0.05) is 11.8 Å². The van der Waals surface area contributed by atoms with Gasteiger partial charge in [0.1, 0.15) is 22.7 Å². The van der Waals surface area contributed by atoms with Gasteiger partial charge in [0.2, 0.25) is 0 Å². The van der Waals surface area contributed by atoms with Gasteiger partial charge in [-0.3, -0.25) is 5.10 Å². The number of hydrogen-bond acceptors (Lipinski definition) is 8. The van der Waals surface area contributed by atoms with E-state index >= 15 is 0 Å². The predicted molar refractivity (Wildman–Crippen MR) is 94.9 cm³/mol. The average Bonchev–Trinajstić information content (AvgIpc) is 3.20. The summed E-state index contributed by atoms with van der Waals surface area (Å²) < 4.78 is 4.76. The highest BCUT2D eigenvalue weighted by Crippen LogP contribution is 2.38. The molecule has 3 aromatic rings. The first-order chi connectivity index (χ1) is 11.3. The van der Waals surface area contributed by atoms with Crippen LogP contribution in [-0.4, -0.2) is 42.5 Å². The fraction of sp³-hybridized carbons (Fsp3) is 0.462. The molecule has 0 bridgehead atoms. The van der Waals surface area contributed by atoms with Crippen LogP contribution in [0.25, 0.3) is 10.3 Å². The summed E-state index contributed by atoms with van der Waals surface area (Å²) in [5.41, 5.74) is 0.746. The summed E-state index contributed by atoms with van der Waals surface area (Å²) in [6.45, 7) is 1.49. The molecule has 2 N–H and O–H groups in total. The second-order valence-electron chi connectivity index (χ2n) is 5.30. The van der Waals surface area contributed by atoms with E-state index < -0.39 is 0 Å². The molecule has 1 fully saturated rings. The van der Waals surface area contributed by atoms with Crippen LogP contribution in [0.1, 0.15) is 24.6 Å². The Labute approximate surface area is 146 Å². The lowest BCUT2D eigenvalue weighted by Gasteiger charge is -2.08. The number of H-pyrrole nitrogens is 1. The summed E-state index contributed by atoms with van der Waals surface area (Å²) >= 11 is 8.56. The maximum absolute atomic E-state index is 5.33. The van der Waals surface area contributed by atoms with Crippen molar-refractivity contribution in [3.63, 3.8) is 0 Å². The topological polar surface area (TPSA) is 84.3 Å². The molecule has 0 unspecified atom stereocenters. The fourth-order valence-electron chi connectivity index (χ4n) is 2.43. The van der Waals surface area contributed by atoms with Gasteiger partial charge in [0, 0.05) is 19.0 Å². The highest BCUT2D eigenvalue weighted by Gasteiger charge is 2.28. The van der Waals surface area contributed by atoms with Gasteiger partial charge in [-0.2, -0.15) is 5.10 Å². The van der Waals surface area contributed by atoms with Gasteiger partial charge < -0.3 is 9.88 Å². The zero-order valence-electron chi connectivity index (χ0n) is 12.4. The third-order valence-corrected chi connectivity index (χ3v) is 6.05. The van der Waals surface area contributed by atoms with Gasteiger partial charge in [0.05, 0.1) is 0 Å². The molecule has 4 rings (SSSR count). The van der Waals surface area contributed by atoms with E-state index in [0.717, 1.165) is 39.4 Å². The van der Waals surface area contributed by atoms with Crippen molar-refractivity contribution in [2.75, 3.05) is 18.1 Å². The van der Waals surface area contributed by atoms with E-state index in [2.05, 4.69) is 35.0 Å². The number of nitrogens with one attached hydrogen (secondary N) is 2. The number of aromatic nitrogens is 6. The second kappa shape index (κ2) is 6.17. The summed E-state index contributed by atoms with van der Waals surface area (Å²) in [5, 5.41) is 10.6. The van der Waals surface area contributed by atoms with Crippen molar-refractivity contribution in [3.8, 4) is 0 Å². The Morgan fingerprint density at radius 3 is 3.13 bits per heavy atom. The third kappa shape index (κ3) is 2.98. The Morgan fingerprint density at radius 2 is 2.35 bits per heavy atom. The first kappa shape index (κ1) is 15.0. The van der Waals surface area contributed by atoms with Crippen LogP contribution in [0.4, 0.5) is 5.82 Å². The molecule has 0 aromatic carbocycles. The van der Waals surface area contributed by atoms with E-state index in [0.29, 0.717) is 10.7 Å². The van der Waals surface area contributed by atoms with E-state index in [-0.39, 0.29) is 0 Å². The summed E-state index contributed by atoms with van der Waals surface area (Å²) in [5.74, 6) is 2.47. The fourth-order valence-corrected chi connectivity index (χ4v) is 4.14. The van der Waals surface area contributed by atoms with Gasteiger partial charge >= 0.3 is 0 Å². The van der Waals surface area contributed by atoms with E-state index in [1.165, 1.54) is 12.8 Å². The molecular weight excluding hydrogens is 350 g/mol. The summed E-state index contributed by atoms with van der Waals surface area (Å²) in [4.78, 5) is 13.0. The van der Waals surface area contributed by atoms with E-state index in [4.69, 9.17) is 12.2 Å². The number of hydrogen-bond donors (Lipinski definition) is 2. The highest BCUT2D eigenvalue weighted by atomic mass is 32.2. The van der Waals surface area contributed by atoms with Crippen LogP contribution in [0.15, 0.2) is 10.7 Å². The van der Waals surface area contributed by atoms with Gasteiger partial charge in [0.15, 0.2) is 14.8 Å². The van der Waals surface area contributed by atoms with Crippen LogP contribution in [0, 0.1) is 4.77 Å². The van der Waals surface area contributed by atoms with Gasteiger partial charge in [0.25, 0.3) is 0 Å². The highest BCUT2D eigenvalue weighted by molar-refractivity contribution is 8.00. The van der Waals surface area contributed by atoms with Gasteiger partial charge in [-0.15, -0.1) is 11.3 Å². The van der Waals surface area contributed by atoms with Gasteiger partial charge in [-0.05, 0) is 31.3 Å². The van der Waals surface area contributed by atoms with Crippen LogP contribution in [0.2, 0.25) is 0 Å². The van der Waals surface area contributed by atoms with Crippen molar-refractivity contribution >= 4 is 51.5 Å². The maximum Gasteiger partial charge on any atom is 0.195 e. The third-order valence-electron chi connectivity index (χ3n) is 3.70. The Morgan fingerprint density at radius 1 is 1.48 bits per heavy atom. The largest absolute Gasteiger partial charge is 0.367 e. The first-order valence-corrected chi connectivity index (χ1v) is 9.75. The molecule has 0 atom stereocenters. The molecule has 0 radical (unpaired) electrons. The molecule has 1 aliphatic rings. The van der Waals surface area contributed by atoms with E-state index in [1.54, 1.807) is 29.4 Å². The van der Waals surface area contributed by atoms with Crippen molar-refractivity contribution in [1.29, 1.82) is 0 Å². The zero-order chi connectivity index (χ0) is 15.8. The van der Waals surface area contributed by atoms with Crippen molar-refractivity contribution in [2.24, 2.45) is 0 Å². The quantitative estimate of drug-likeness (QED) is 0.513. The molecular formula is C13H15N7S3. The molecule has 0 amide bonds. The summed E-state index contributed by atoms with van der Waals surface area (Å²) in [7, 11) is 0. The molecule has 0 aliphatic heterocycles. The van der Waals surface area contributed by atoms with E-state index in [1.807, 2.05) is 6.26 Å². The number of fused-ring (bicyclic) bond motifs is 1. The molecule has 0 saturated heterocycles. The van der Waals surface area contributed by atoms with Crippen LogP contribution in [0.5, 0.6) is 0 Å². The van der Waals surface area contributed by atoms with Crippen LogP contribution >= 0.6 is 35.3 Å². The van der Waals surface area contributed by atoms with Gasteiger partial charge in [-0.25, -0.2) is 15.0 Å². The summed E-state index contributed by atoms with van der Waals surface area (Å²) in [6.07, 6.45) is 5.97. The number of nitrogens with zero attached hydrogens (tertiary/aromatic N) is 5. The molecule has 3 heterocycles. The van der Waals surface area contributed by atoms with Crippen LogP contribution < -0.4 is 5.32 Å². The molecule has 120 valence electrons. The number of anilines is 1. The lowest BCUT2D eigenvalue weighted by Crippen LogP contribution is -2.13. The molecule has 10 heteroatoms. The number of aromatic amines is 1. The molecule has 0 spiro atoms. The molecule has 3 aromatic heterocycles. The average molecular weight is 366 g/mol. The lowest BCUT2D eigenvalue weighted by molar-refractivity contribution is 0.669. The standard InChI is InChI=1S/C13H15N7S3/c1-22-13-17-10-8(23-13)9(15-6-16-10)14-4-5-20-11(7-2-3-7)18-19-12(20)21/h6-7H,2-5H2,1H3,(H,19,21)(H,14,15,16). The number of thiazole rings is 1. The Hall–Kier alpha value is -1.52. The first-order valence-electron chi connectivity index (χ1n) is 7.30. The van der Waals surface area contributed by atoms with Crippen LogP contribution in [-0.2, 0) is 6.54 Å². The van der Waals surface area contributed by atoms with Crippen LogP contribution in [0.3, 0.4) is 0 Å². The Balaban J connectivity index is 1.50. The monoisotopic (exact) mass is 365 g/mol. The molecule has 1 aliphatic carbocycles. The lowest BCUT2D eigenvalue weighted by atomic mass is 10.4. The predicted octanol–water partition coefficient (Wildman–Crippen LogP) is 3.05. The number of thioether (sulfide) groups is 1.